The van der Waals surface area contributed by atoms with Crippen molar-refractivity contribution < 1.29 is 28.7 Å². The number of hydrogen-bond donors (Lipinski definition) is 0. The number of nitrogens with zero attached hydrogens (tertiary/aromatic N) is 2. The average molecular weight is 523 g/mol. The number of esters is 2. The summed E-state index contributed by atoms with van der Waals surface area (Å²) < 4.78 is 12.1. The average Bonchev–Trinajstić information content (AvgIpc) is 2.64. The largest absolute Gasteiger partial charge is 0.461 e. The van der Waals surface area contributed by atoms with Gasteiger partial charge in [-0.25, -0.2) is 0 Å². The Bertz CT molecular complexity index is 809. The first-order valence-corrected chi connectivity index (χ1v) is 13.7. The summed E-state index contributed by atoms with van der Waals surface area (Å²) in [5.74, 6) is -1.15. The minimum Gasteiger partial charge on any atom is -0.461 e. The highest BCUT2D eigenvalue weighted by atomic mass is 16.6. The lowest BCUT2D eigenvalue weighted by Crippen LogP contribution is -2.64. The molecule has 0 unspecified atom stereocenters. The summed E-state index contributed by atoms with van der Waals surface area (Å²) in [6.07, 6.45) is 1.65. The molecule has 2 aliphatic heterocycles. The van der Waals surface area contributed by atoms with E-state index in [1.165, 1.54) is 0 Å². The molecule has 8 nitrogen and oxygen atoms in total. The fourth-order valence-corrected chi connectivity index (χ4v) is 7.69. The summed E-state index contributed by atoms with van der Waals surface area (Å²) in [6, 6.07) is 0. The molecule has 0 aromatic carbocycles. The Balaban J connectivity index is 2.25. The summed E-state index contributed by atoms with van der Waals surface area (Å²) in [6.45, 7) is 22.6. The first kappa shape index (κ1) is 31.1. The Morgan fingerprint density at radius 1 is 0.622 bits per heavy atom. The van der Waals surface area contributed by atoms with Gasteiger partial charge in [-0.15, -0.1) is 0 Å². The highest BCUT2D eigenvalue weighted by Gasteiger charge is 2.53. The molecule has 2 rings (SSSR count). The number of ether oxygens (including phenoxy) is 2. The molecule has 8 heteroatoms. The van der Waals surface area contributed by atoms with Crippen LogP contribution in [0.2, 0.25) is 0 Å². The number of carbonyl (C=O) groups excluding carboxylic acids is 4. The normalized spacial score (nSPS) is 23.4. The van der Waals surface area contributed by atoms with E-state index in [4.69, 9.17) is 9.47 Å². The van der Waals surface area contributed by atoms with Gasteiger partial charge in [-0.2, -0.15) is 0 Å². The van der Waals surface area contributed by atoms with E-state index >= 15 is 0 Å². The standard InChI is InChI=1S/C29H50N2O6/c1-13-29(14-2,23(34)36-21-15-25(5,6)30(19(3)32)26(7,8)16-21)24(35)37-22-17-27(9,10)31(20(4)33)28(11,12)18-22/h21-22H,13-18H2,1-12H3. The Hall–Kier alpha value is -2.12. The van der Waals surface area contributed by atoms with E-state index < -0.39 is 51.7 Å². The third kappa shape index (κ3) is 5.98. The molecule has 212 valence electrons. The minimum atomic E-state index is -1.40. The van der Waals surface area contributed by atoms with Gasteiger partial charge < -0.3 is 19.3 Å². The van der Waals surface area contributed by atoms with Crippen LogP contribution in [0.15, 0.2) is 0 Å². The first-order chi connectivity index (χ1) is 16.7. The molecule has 0 N–H and O–H groups in total. The van der Waals surface area contributed by atoms with E-state index in [9.17, 15) is 19.2 Å². The van der Waals surface area contributed by atoms with Crippen molar-refractivity contribution >= 4 is 23.8 Å². The van der Waals surface area contributed by atoms with Crippen molar-refractivity contribution in [2.75, 3.05) is 0 Å². The molecule has 0 bridgehead atoms. The van der Waals surface area contributed by atoms with E-state index in [2.05, 4.69) is 0 Å². The van der Waals surface area contributed by atoms with Crippen molar-refractivity contribution in [1.29, 1.82) is 0 Å². The predicted molar refractivity (Wildman–Crippen MR) is 143 cm³/mol. The summed E-state index contributed by atoms with van der Waals surface area (Å²) in [7, 11) is 0. The Morgan fingerprint density at radius 2 is 0.865 bits per heavy atom. The van der Waals surface area contributed by atoms with Gasteiger partial charge in [-0.3, -0.25) is 19.2 Å². The second-order valence-corrected chi connectivity index (χ2v) is 13.6. The van der Waals surface area contributed by atoms with E-state index in [0.717, 1.165) is 0 Å². The predicted octanol–water partition coefficient (Wildman–Crippen LogP) is 5.02. The Labute approximate surface area is 223 Å². The van der Waals surface area contributed by atoms with Gasteiger partial charge in [-0.1, -0.05) is 13.8 Å². The van der Waals surface area contributed by atoms with Gasteiger partial charge in [0, 0.05) is 61.7 Å². The summed E-state index contributed by atoms with van der Waals surface area (Å²) >= 11 is 0. The molecule has 2 fully saturated rings. The quantitative estimate of drug-likeness (QED) is 0.359. The van der Waals surface area contributed by atoms with Gasteiger partial charge in [-0.05, 0) is 68.2 Å². The fraction of sp³-hybridized carbons (Fsp3) is 0.862. The molecule has 2 aliphatic rings. The number of amides is 2. The number of likely N-dealkylation sites (tertiary alicyclic amines) is 2. The van der Waals surface area contributed by atoms with Crippen LogP contribution in [0.1, 0.15) is 122 Å². The summed E-state index contributed by atoms with van der Waals surface area (Å²) in [5, 5.41) is 0. The topological polar surface area (TPSA) is 93.2 Å². The van der Waals surface area contributed by atoms with Crippen LogP contribution in [-0.4, -0.2) is 67.9 Å². The van der Waals surface area contributed by atoms with Crippen LogP contribution in [0, 0.1) is 5.41 Å². The molecule has 0 spiro atoms. The summed E-state index contributed by atoms with van der Waals surface area (Å²) in [5.41, 5.74) is -3.40. The second kappa shape index (κ2) is 10.2. The Kier molecular flexibility index (Phi) is 8.59. The monoisotopic (exact) mass is 522 g/mol. The zero-order chi connectivity index (χ0) is 28.8. The molecule has 0 aliphatic carbocycles. The van der Waals surface area contributed by atoms with Crippen molar-refractivity contribution in [1.82, 2.24) is 9.80 Å². The lowest BCUT2D eigenvalue weighted by Gasteiger charge is -2.55. The van der Waals surface area contributed by atoms with Crippen molar-refractivity contribution in [3.63, 3.8) is 0 Å². The Morgan fingerprint density at radius 3 is 1.05 bits per heavy atom. The SMILES string of the molecule is CCC(CC)(C(=O)OC1CC(C)(C)N(C(C)=O)C(C)(C)C1)C(=O)OC1CC(C)(C)N(C(C)=O)C(C)(C)C1. The van der Waals surface area contributed by atoms with E-state index in [1.54, 1.807) is 13.8 Å². The van der Waals surface area contributed by atoms with Gasteiger partial charge in [0.15, 0.2) is 5.41 Å². The minimum absolute atomic E-state index is 0.0125. The molecule has 0 aromatic heterocycles. The second-order valence-electron chi connectivity index (χ2n) is 13.6. The van der Waals surface area contributed by atoms with Crippen molar-refractivity contribution in [3.05, 3.63) is 0 Å². The maximum atomic E-state index is 13.7. The lowest BCUT2D eigenvalue weighted by molar-refractivity contribution is -0.189. The zero-order valence-electron chi connectivity index (χ0n) is 25.2. The lowest BCUT2D eigenvalue weighted by atomic mass is 9.77. The molecule has 2 heterocycles. The number of rotatable bonds is 6. The van der Waals surface area contributed by atoms with Gasteiger partial charge >= 0.3 is 11.9 Å². The van der Waals surface area contributed by atoms with Crippen LogP contribution in [0.25, 0.3) is 0 Å². The molecule has 0 atom stereocenters. The number of hydrogen-bond acceptors (Lipinski definition) is 6. The smallest absolute Gasteiger partial charge is 0.323 e. The van der Waals surface area contributed by atoms with Crippen molar-refractivity contribution in [3.8, 4) is 0 Å². The highest BCUT2D eigenvalue weighted by molar-refractivity contribution is 6.00. The van der Waals surface area contributed by atoms with Crippen molar-refractivity contribution in [2.45, 2.75) is 156 Å². The fourth-order valence-electron chi connectivity index (χ4n) is 7.69. The van der Waals surface area contributed by atoms with Crippen LogP contribution in [-0.2, 0) is 28.7 Å². The molecule has 2 amide bonds. The summed E-state index contributed by atoms with van der Waals surface area (Å²) in [4.78, 5) is 55.8. The maximum absolute atomic E-state index is 13.7. The van der Waals surface area contributed by atoms with Crippen LogP contribution in [0.5, 0.6) is 0 Å². The molecular weight excluding hydrogens is 472 g/mol. The van der Waals surface area contributed by atoms with Crippen LogP contribution in [0.3, 0.4) is 0 Å². The van der Waals surface area contributed by atoms with Crippen LogP contribution < -0.4 is 0 Å². The first-order valence-electron chi connectivity index (χ1n) is 13.7. The zero-order valence-corrected chi connectivity index (χ0v) is 25.2. The van der Waals surface area contributed by atoms with Crippen LogP contribution >= 0.6 is 0 Å². The van der Waals surface area contributed by atoms with E-state index in [0.29, 0.717) is 25.7 Å². The molecule has 2 saturated heterocycles. The number of carbonyl (C=O) groups is 4. The number of piperidine rings is 2. The van der Waals surface area contributed by atoms with Crippen LogP contribution in [0.4, 0.5) is 0 Å². The molecule has 37 heavy (non-hydrogen) atoms. The van der Waals surface area contributed by atoms with Crippen molar-refractivity contribution in [2.24, 2.45) is 5.41 Å². The van der Waals surface area contributed by atoms with E-state index in [1.807, 2.05) is 79.0 Å². The van der Waals surface area contributed by atoms with Gasteiger partial charge in [0.25, 0.3) is 0 Å². The molecular formula is C29H50N2O6. The highest BCUT2D eigenvalue weighted by Crippen LogP contribution is 2.43. The molecule has 0 radical (unpaired) electrons. The third-order valence-electron chi connectivity index (χ3n) is 8.50. The maximum Gasteiger partial charge on any atom is 0.323 e. The van der Waals surface area contributed by atoms with Gasteiger partial charge in [0.2, 0.25) is 11.8 Å². The third-order valence-corrected chi connectivity index (χ3v) is 8.50. The molecule has 0 saturated carbocycles. The van der Waals surface area contributed by atoms with Gasteiger partial charge in [0.1, 0.15) is 12.2 Å². The van der Waals surface area contributed by atoms with E-state index in [-0.39, 0.29) is 24.7 Å². The van der Waals surface area contributed by atoms with Gasteiger partial charge in [0.05, 0.1) is 0 Å². The molecule has 0 aromatic rings.